The van der Waals surface area contributed by atoms with E-state index in [1.54, 1.807) is 6.07 Å². The lowest BCUT2D eigenvalue weighted by molar-refractivity contribution is -0.115. The molecule has 0 spiro atoms. The third-order valence-corrected chi connectivity index (χ3v) is 2.87. The predicted octanol–water partition coefficient (Wildman–Crippen LogP) is 2.85. The summed E-state index contributed by atoms with van der Waals surface area (Å²) in [4.78, 5) is 12.1. The Labute approximate surface area is 118 Å². The number of carbonyl (C=O) groups is 1. The maximum atomic E-state index is 12.1. The fourth-order valence-corrected chi connectivity index (χ4v) is 1.91. The Morgan fingerprint density at radius 1 is 1.15 bits per heavy atom. The van der Waals surface area contributed by atoms with Crippen molar-refractivity contribution in [2.45, 2.75) is 13.3 Å². The number of nitrogens with two attached hydrogens (primary N) is 1. The molecule has 2 aromatic carbocycles. The van der Waals surface area contributed by atoms with Crippen molar-refractivity contribution in [3.63, 3.8) is 0 Å². The lowest BCUT2D eigenvalue weighted by Gasteiger charge is -2.11. The van der Waals surface area contributed by atoms with Gasteiger partial charge in [-0.25, -0.2) is 0 Å². The van der Waals surface area contributed by atoms with Gasteiger partial charge < -0.3 is 15.8 Å². The zero-order chi connectivity index (χ0) is 14.4. The zero-order valence-corrected chi connectivity index (χ0v) is 11.4. The van der Waals surface area contributed by atoms with Crippen molar-refractivity contribution in [2.75, 3.05) is 17.7 Å². The van der Waals surface area contributed by atoms with Crippen LogP contribution in [0.1, 0.15) is 12.5 Å². The summed E-state index contributed by atoms with van der Waals surface area (Å²) in [7, 11) is 0. The summed E-state index contributed by atoms with van der Waals surface area (Å²) in [5, 5.41) is 2.85. The number of nitrogen functional groups attached to an aromatic ring is 1. The van der Waals surface area contributed by atoms with E-state index in [1.807, 2.05) is 49.4 Å². The standard InChI is InChI=1S/C16H18N2O2/c1-2-20-15-10-6-5-9-14(15)18-16(19)11-12-7-3-4-8-13(12)17/h3-10H,2,11,17H2,1H3,(H,18,19). The molecule has 0 aromatic heterocycles. The Kier molecular flexibility index (Phi) is 4.60. The third kappa shape index (κ3) is 3.51. The number of amides is 1. The molecule has 2 rings (SSSR count). The third-order valence-electron chi connectivity index (χ3n) is 2.87. The molecule has 0 saturated heterocycles. The number of hydrogen-bond acceptors (Lipinski definition) is 3. The van der Waals surface area contributed by atoms with Gasteiger partial charge in [0, 0.05) is 5.69 Å². The largest absolute Gasteiger partial charge is 0.492 e. The quantitative estimate of drug-likeness (QED) is 0.821. The van der Waals surface area contributed by atoms with Crippen LogP contribution in [0.25, 0.3) is 0 Å². The summed E-state index contributed by atoms with van der Waals surface area (Å²) in [5.41, 5.74) is 7.95. The predicted molar refractivity (Wildman–Crippen MR) is 80.8 cm³/mol. The first-order chi connectivity index (χ1) is 9.70. The molecule has 3 N–H and O–H groups in total. The van der Waals surface area contributed by atoms with E-state index in [4.69, 9.17) is 10.5 Å². The van der Waals surface area contributed by atoms with E-state index in [0.29, 0.717) is 23.7 Å². The molecule has 104 valence electrons. The van der Waals surface area contributed by atoms with E-state index in [0.717, 1.165) is 5.56 Å². The van der Waals surface area contributed by atoms with Gasteiger partial charge in [0.1, 0.15) is 5.75 Å². The van der Waals surface area contributed by atoms with Gasteiger partial charge in [0.15, 0.2) is 0 Å². The number of ether oxygens (including phenoxy) is 1. The smallest absolute Gasteiger partial charge is 0.228 e. The van der Waals surface area contributed by atoms with Crippen LogP contribution in [0, 0.1) is 0 Å². The van der Waals surface area contributed by atoms with Gasteiger partial charge in [-0.15, -0.1) is 0 Å². The van der Waals surface area contributed by atoms with E-state index in [2.05, 4.69) is 5.32 Å². The molecule has 0 fully saturated rings. The molecule has 0 radical (unpaired) electrons. The number of para-hydroxylation sites is 3. The molecule has 0 atom stereocenters. The first-order valence-corrected chi connectivity index (χ1v) is 6.55. The van der Waals surface area contributed by atoms with Gasteiger partial charge in [0.25, 0.3) is 0 Å². The van der Waals surface area contributed by atoms with E-state index >= 15 is 0 Å². The minimum atomic E-state index is -0.116. The Morgan fingerprint density at radius 2 is 1.85 bits per heavy atom. The van der Waals surface area contributed by atoms with Crippen molar-refractivity contribution in [3.05, 3.63) is 54.1 Å². The van der Waals surface area contributed by atoms with Crippen molar-refractivity contribution in [1.82, 2.24) is 0 Å². The number of hydrogen-bond donors (Lipinski definition) is 2. The summed E-state index contributed by atoms with van der Waals surface area (Å²) < 4.78 is 5.47. The zero-order valence-electron chi connectivity index (χ0n) is 11.4. The summed E-state index contributed by atoms with van der Waals surface area (Å²) in [6, 6.07) is 14.7. The highest BCUT2D eigenvalue weighted by molar-refractivity contribution is 5.94. The molecular formula is C16H18N2O2. The molecule has 0 aliphatic rings. The lowest BCUT2D eigenvalue weighted by atomic mass is 10.1. The van der Waals surface area contributed by atoms with Crippen LogP contribution >= 0.6 is 0 Å². The second-order valence-electron chi connectivity index (χ2n) is 4.35. The maximum absolute atomic E-state index is 12.1. The van der Waals surface area contributed by atoms with Crippen LogP contribution in [-0.2, 0) is 11.2 Å². The average Bonchev–Trinajstić information content (AvgIpc) is 2.44. The molecule has 0 aliphatic heterocycles. The molecule has 0 unspecified atom stereocenters. The topological polar surface area (TPSA) is 64.3 Å². The van der Waals surface area contributed by atoms with E-state index < -0.39 is 0 Å². The molecule has 4 heteroatoms. The SMILES string of the molecule is CCOc1ccccc1NC(=O)Cc1ccccc1N. The van der Waals surface area contributed by atoms with Crippen LogP contribution in [0.15, 0.2) is 48.5 Å². The minimum absolute atomic E-state index is 0.116. The van der Waals surface area contributed by atoms with Gasteiger partial charge in [-0.2, -0.15) is 0 Å². The second-order valence-corrected chi connectivity index (χ2v) is 4.35. The van der Waals surface area contributed by atoms with E-state index in [9.17, 15) is 4.79 Å². The number of rotatable bonds is 5. The van der Waals surface area contributed by atoms with Crippen molar-refractivity contribution in [3.8, 4) is 5.75 Å². The maximum Gasteiger partial charge on any atom is 0.228 e. The molecule has 0 aliphatic carbocycles. The molecule has 20 heavy (non-hydrogen) atoms. The van der Waals surface area contributed by atoms with Gasteiger partial charge in [0.2, 0.25) is 5.91 Å². The Hall–Kier alpha value is -2.49. The van der Waals surface area contributed by atoms with E-state index in [1.165, 1.54) is 0 Å². The summed E-state index contributed by atoms with van der Waals surface area (Å²) in [6.45, 7) is 2.46. The molecule has 1 amide bonds. The minimum Gasteiger partial charge on any atom is -0.492 e. The lowest BCUT2D eigenvalue weighted by Crippen LogP contribution is -2.16. The highest BCUT2D eigenvalue weighted by atomic mass is 16.5. The molecule has 2 aromatic rings. The number of benzene rings is 2. The Balaban J connectivity index is 2.07. The normalized spacial score (nSPS) is 10.1. The highest BCUT2D eigenvalue weighted by Gasteiger charge is 2.09. The fraction of sp³-hybridized carbons (Fsp3) is 0.188. The van der Waals surface area contributed by atoms with Gasteiger partial charge in [0.05, 0.1) is 18.7 Å². The Bertz CT molecular complexity index is 597. The van der Waals surface area contributed by atoms with Crippen LogP contribution < -0.4 is 15.8 Å². The van der Waals surface area contributed by atoms with Crippen LogP contribution in [0.4, 0.5) is 11.4 Å². The van der Waals surface area contributed by atoms with Gasteiger partial charge in [-0.05, 0) is 30.7 Å². The van der Waals surface area contributed by atoms with Crippen LogP contribution in [0.2, 0.25) is 0 Å². The van der Waals surface area contributed by atoms with E-state index in [-0.39, 0.29) is 12.3 Å². The van der Waals surface area contributed by atoms with Crippen LogP contribution in [0.3, 0.4) is 0 Å². The molecule has 0 heterocycles. The summed E-state index contributed by atoms with van der Waals surface area (Å²) in [6.07, 6.45) is 0.243. The summed E-state index contributed by atoms with van der Waals surface area (Å²) >= 11 is 0. The van der Waals surface area contributed by atoms with Crippen molar-refractivity contribution in [2.24, 2.45) is 0 Å². The second kappa shape index (κ2) is 6.61. The fourth-order valence-electron chi connectivity index (χ4n) is 1.91. The van der Waals surface area contributed by atoms with Gasteiger partial charge in [-0.3, -0.25) is 4.79 Å². The molecule has 0 bridgehead atoms. The van der Waals surface area contributed by atoms with Crippen LogP contribution in [0.5, 0.6) is 5.75 Å². The van der Waals surface area contributed by atoms with Gasteiger partial charge in [-0.1, -0.05) is 30.3 Å². The van der Waals surface area contributed by atoms with Crippen molar-refractivity contribution >= 4 is 17.3 Å². The van der Waals surface area contributed by atoms with Crippen molar-refractivity contribution < 1.29 is 9.53 Å². The molecule has 0 saturated carbocycles. The van der Waals surface area contributed by atoms with Gasteiger partial charge >= 0.3 is 0 Å². The van der Waals surface area contributed by atoms with Crippen LogP contribution in [-0.4, -0.2) is 12.5 Å². The first kappa shape index (κ1) is 13.9. The molecular weight excluding hydrogens is 252 g/mol. The molecule has 4 nitrogen and oxygen atoms in total. The number of anilines is 2. The van der Waals surface area contributed by atoms with Crippen molar-refractivity contribution in [1.29, 1.82) is 0 Å². The monoisotopic (exact) mass is 270 g/mol. The average molecular weight is 270 g/mol. The number of carbonyl (C=O) groups excluding carboxylic acids is 1. The first-order valence-electron chi connectivity index (χ1n) is 6.55. The summed E-state index contributed by atoms with van der Waals surface area (Å²) in [5.74, 6) is 0.555. The highest BCUT2D eigenvalue weighted by Crippen LogP contribution is 2.24. The number of nitrogens with one attached hydrogen (secondary N) is 1. The Morgan fingerprint density at radius 3 is 2.60 bits per heavy atom.